The van der Waals surface area contributed by atoms with Gasteiger partial charge in [0, 0.05) is 13.5 Å². The topological polar surface area (TPSA) is 38.8 Å². The van der Waals surface area contributed by atoms with E-state index in [9.17, 15) is 4.79 Å². The molecule has 0 spiro atoms. The van der Waals surface area contributed by atoms with Crippen molar-refractivity contribution in [2.45, 2.75) is 31.9 Å². The van der Waals surface area contributed by atoms with E-state index in [-0.39, 0.29) is 12.0 Å². The molecule has 0 amide bonds. The summed E-state index contributed by atoms with van der Waals surface area (Å²) >= 11 is 0. The van der Waals surface area contributed by atoms with Crippen LogP contribution in [0, 0.1) is 0 Å². The van der Waals surface area contributed by atoms with Crippen molar-refractivity contribution in [3.05, 3.63) is 35.9 Å². The van der Waals surface area contributed by atoms with Crippen molar-refractivity contribution >= 4 is 5.97 Å². The minimum absolute atomic E-state index is 0.223. The van der Waals surface area contributed by atoms with Crippen molar-refractivity contribution in [1.29, 1.82) is 0 Å². The molecule has 2 atom stereocenters. The van der Waals surface area contributed by atoms with Crippen molar-refractivity contribution in [3.63, 3.8) is 0 Å². The van der Waals surface area contributed by atoms with Crippen LogP contribution in [0.2, 0.25) is 0 Å². The van der Waals surface area contributed by atoms with Crippen LogP contribution in [-0.4, -0.2) is 30.7 Å². The van der Waals surface area contributed by atoms with E-state index in [1.165, 1.54) is 0 Å². The second-order valence-electron chi connectivity index (χ2n) is 4.71. The first-order valence-corrected chi connectivity index (χ1v) is 6.21. The van der Waals surface area contributed by atoms with E-state index in [1.807, 2.05) is 44.2 Å². The third kappa shape index (κ3) is 2.40. The fraction of sp³-hybridized carbons (Fsp3) is 0.500. The first-order chi connectivity index (χ1) is 8.57. The molecule has 1 aliphatic rings. The number of esters is 1. The maximum atomic E-state index is 11.8. The van der Waals surface area contributed by atoms with E-state index >= 15 is 0 Å². The third-order valence-corrected chi connectivity index (χ3v) is 3.31. The Kier molecular flexibility index (Phi) is 3.68. The van der Waals surface area contributed by atoms with Gasteiger partial charge in [-0.25, -0.2) is 0 Å². The predicted octanol–water partition coefficient (Wildman–Crippen LogP) is 2.10. The van der Waals surface area contributed by atoms with Crippen LogP contribution < -0.4 is 0 Å². The molecule has 98 valence electrons. The molecule has 4 nitrogen and oxygen atoms in total. The Morgan fingerprint density at radius 3 is 2.78 bits per heavy atom. The Morgan fingerprint density at radius 1 is 1.50 bits per heavy atom. The van der Waals surface area contributed by atoms with Gasteiger partial charge in [-0.05, 0) is 19.4 Å². The van der Waals surface area contributed by atoms with E-state index in [4.69, 9.17) is 9.57 Å². The minimum Gasteiger partial charge on any atom is -0.465 e. The number of carbonyl (C=O) groups excluding carboxylic acids is 1. The molecule has 1 heterocycles. The molecule has 1 aromatic rings. The number of rotatable bonds is 3. The summed E-state index contributed by atoms with van der Waals surface area (Å²) in [5, 5.41) is 1.60. The number of benzene rings is 1. The largest absolute Gasteiger partial charge is 0.465 e. The fourth-order valence-electron chi connectivity index (χ4n) is 2.35. The SMILES string of the molecule is CCOC(=O)C1CC(C)(c2ccccc2)ON1C. The van der Waals surface area contributed by atoms with Crippen LogP contribution in [-0.2, 0) is 20.0 Å². The molecule has 0 aromatic heterocycles. The Bertz CT molecular complexity index is 420. The van der Waals surface area contributed by atoms with Gasteiger partial charge < -0.3 is 4.74 Å². The number of nitrogens with zero attached hydrogens (tertiary/aromatic N) is 1. The minimum atomic E-state index is -0.465. The first-order valence-electron chi connectivity index (χ1n) is 6.21. The quantitative estimate of drug-likeness (QED) is 0.769. The van der Waals surface area contributed by atoms with Crippen molar-refractivity contribution in [1.82, 2.24) is 5.06 Å². The number of hydrogen-bond acceptors (Lipinski definition) is 4. The molecular formula is C14H19NO3. The van der Waals surface area contributed by atoms with Crippen LogP contribution >= 0.6 is 0 Å². The summed E-state index contributed by atoms with van der Waals surface area (Å²) in [6, 6.07) is 9.61. The van der Waals surface area contributed by atoms with Crippen LogP contribution in [0.1, 0.15) is 25.8 Å². The Morgan fingerprint density at radius 2 is 2.17 bits per heavy atom. The lowest BCUT2D eigenvalue weighted by Crippen LogP contribution is -2.33. The van der Waals surface area contributed by atoms with Gasteiger partial charge in [0.25, 0.3) is 0 Å². The molecule has 1 saturated heterocycles. The molecule has 1 fully saturated rings. The molecule has 2 rings (SSSR count). The first kappa shape index (κ1) is 13.1. The molecule has 0 radical (unpaired) electrons. The monoisotopic (exact) mass is 249 g/mol. The van der Waals surface area contributed by atoms with Crippen LogP contribution in [0.15, 0.2) is 30.3 Å². The highest BCUT2D eigenvalue weighted by molar-refractivity contribution is 5.76. The average molecular weight is 249 g/mol. The summed E-state index contributed by atoms with van der Waals surface area (Å²) < 4.78 is 5.06. The summed E-state index contributed by atoms with van der Waals surface area (Å²) in [6.45, 7) is 4.20. The summed E-state index contributed by atoms with van der Waals surface area (Å²) in [5.74, 6) is -0.223. The van der Waals surface area contributed by atoms with Crippen molar-refractivity contribution in [2.75, 3.05) is 13.7 Å². The standard InChI is InChI=1S/C14H19NO3/c1-4-17-13(16)12-10-14(2,18-15(12)3)11-8-6-5-7-9-11/h5-9,12H,4,10H2,1-3H3. The predicted molar refractivity (Wildman–Crippen MR) is 67.7 cm³/mol. The van der Waals surface area contributed by atoms with Gasteiger partial charge in [-0.3, -0.25) is 9.63 Å². The van der Waals surface area contributed by atoms with Crippen LogP contribution in [0.5, 0.6) is 0 Å². The Labute approximate surface area is 107 Å². The molecule has 18 heavy (non-hydrogen) atoms. The van der Waals surface area contributed by atoms with Gasteiger partial charge >= 0.3 is 5.97 Å². The van der Waals surface area contributed by atoms with Crippen molar-refractivity contribution in [2.24, 2.45) is 0 Å². The van der Waals surface area contributed by atoms with Gasteiger partial charge in [0.15, 0.2) is 0 Å². The van der Waals surface area contributed by atoms with E-state index < -0.39 is 5.60 Å². The Hall–Kier alpha value is -1.39. The highest BCUT2D eigenvalue weighted by Gasteiger charge is 2.45. The zero-order valence-corrected chi connectivity index (χ0v) is 11.1. The van der Waals surface area contributed by atoms with Gasteiger partial charge in [-0.1, -0.05) is 30.3 Å². The second kappa shape index (κ2) is 5.08. The van der Waals surface area contributed by atoms with E-state index in [2.05, 4.69) is 0 Å². The lowest BCUT2D eigenvalue weighted by Gasteiger charge is -2.23. The Balaban J connectivity index is 2.17. The van der Waals surface area contributed by atoms with Crippen LogP contribution in [0.4, 0.5) is 0 Å². The third-order valence-electron chi connectivity index (χ3n) is 3.31. The summed E-state index contributed by atoms with van der Waals surface area (Å²) in [4.78, 5) is 17.7. The molecule has 0 bridgehead atoms. The molecule has 0 saturated carbocycles. The number of carbonyl (C=O) groups is 1. The van der Waals surface area contributed by atoms with Gasteiger partial charge in [-0.2, -0.15) is 5.06 Å². The smallest absolute Gasteiger partial charge is 0.325 e. The lowest BCUT2D eigenvalue weighted by molar-refractivity contribution is -0.195. The fourth-order valence-corrected chi connectivity index (χ4v) is 2.35. The van der Waals surface area contributed by atoms with E-state index in [0.717, 1.165) is 5.56 Å². The average Bonchev–Trinajstić information content (AvgIpc) is 2.68. The number of ether oxygens (including phenoxy) is 1. The van der Waals surface area contributed by atoms with E-state index in [1.54, 1.807) is 12.1 Å². The van der Waals surface area contributed by atoms with Gasteiger partial charge in [0.1, 0.15) is 11.6 Å². The highest BCUT2D eigenvalue weighted by Crippen LogP contribution is 2.38. The normalized spacial score (nSPS) is 28.3. The molecule has 1 aliphatic heterocycles. The molecule has 1 aromatic carbocycles. The molecule has 4 heteroatoms. The van der Waals surface area contributed by atoms with Gasteiger partial charge in [0.2, 0.25) is 0 Å². The molecule has 0 N–H and O–H groups in total. The number of hydroxylamine groups is 2. The van der Waals surface area contributed by atoms with Crippen molar-refractivity contribution in [3.8, 4) is 0 Å². The molecule has 0 aliphatic carbocycles. The second-order valence-corrected chi connectivity index (χ2v) is 4.71. The summed E-state index contributed by atoms with van der Waals surface area (Å²) in [6.07, 6.45) is 0.604. The number of hydrogen-bond donors (Lipinski definition) is 0. The summed E-state index contributed by atoms with van der Waals surface area (Å²) in [5.41, 5.74) is 0.608. The van der Waals surface area contributed by atoms with Gasteiger partial charge in [-0.15, -0.1) is 0 Å². The maximum Gasteiger partial charge on any atom is 0.325 e. The van der Waals surface area contributed by atoms with Crippen LogP contribution in [0.3, 0.4) is 0 Å². The zero-order chi connectivity index (χ0) is 13.2. The number of likely N-dealkylation sites (N-methyl/N-ethyl adjacent to an activating group) is 1. The molecular weight excluding hydrogens is 230 g/mol. The zero-order valence-electron chi connectivity index (χ0n) is 11.1. The highest BCUT2D eigenvalue weighted by atomic mass is 16.7. The van der Waals surface area contributed by atoms with Crippen molar-refractivity contribution < 1.29 is 14.4 Å². The maximum absolute atomic E-state index is 11.8. The lowest BCUT2D eigenvalue weighted by atomic mass is 9.90. The van der Waals surface area contributed by atoms with E-state index in [0.29, 0.717) is 13.0 Å². The molecule has 2 unspecified atom stereocenters. The summed E-state index contributed by atoms with van der Waals surface area (Å²) in [7, 11) is 1.77. The van der Waals surface area contributed by atoms with Gasteiger partial charge in [0.05, 0.1) is 6.61 Å². The van der Waals surface area contributed by atoms with Crippen LogP contribution in [0.25, 0.3) is 0 Å².